The van der Waals surface area contributed by atoms with Crippen LogP contribution < -0.4 is 5.56 Å². The average Bonchev–Trinajstić information content (AvgIpc) is 2.71. The summed E-state index contributed by atoms with van der Waals surface area (Å²) in [5, 5.41) is 0.643. The van der Waals surface area contributed by atoms with E-state index in [-0.39, 0.29) is 11.5 Å². The second-order valence-corrected chi connectivity index (χ2v) is 8.33. The Morgan fingerprint density at radius 1 is 1.10 bits per heavy atom. The molecule has 1 N–H and O–H groups in total. The zero-order valence-electron chi connectivity index (χ0n) is 16.4. The van der Waals surface area contributed by atoms with E-state index in [2.05, 4.69) is 20.9 Å². The van der Waals surface area contributed by atoms with Gasteiger partial charge in [-0.2, -0.15) is 0 Å². The molecule has 1 amide bonds. The number of nitrogens with one attached hydrogen (secondary N) is 1. The van der Waals surface area contributed by atoms with Gasteiger partial charge in [0.25, 0.3) is 5.56 Å². The van der Waals surface area contributed by atoms with Crippen molar-refractivity contribution in [2.45, 2.75) is 38.8 Å². The number of aromatic nitrogens is 2. The molecule has 0 fully saturated rings. The molecule has 0 aliphatic carbocycles. The SMILES string of the molecule is CN(Cc1ccccc1Br)C(=O)CCCCCn1c(=S)[nH]c2ccccc2c1=O. The summed E-state index contributed by atoms with van der Waals surface area (Å²) in [6.45, 7) is 1.14. The third-order valence-corrected chi connectivity index (χ3v) is 6.05. The number of unbranched alkanes of at least 4 members (excludes halogenated alkanes) is 2. The molecule has 7 heteroatoms. The Morgan fingerprint density at radius 3 is 2.62 bits per heavy atom. The fraction of sp³-hybridized carbons (Fsp3) is 0.318. The van der Waals surface area contributed by atoms with Crippen LogP contribution in [-0.4, -0.2) is 27.4 Å². The molecule has 0 atom stereocenters. The smallest absolute Gasteiger partial charge is 0.262 e. The first-order valence-electron chi connectivity index (χ1n) is 9.66. The standard InChI is InChI=1S/C22H24BrN3O2S/c1-25(15-16-9-4-6-11-18(16)23)20(27)13-3-2-8-14-26-21(28)17-10-5-7-12-19(17)24-22(26)29/h4-7,9-12H,2-3,8,13-15H2,1H3,(H,24,29). The van der Waals surface area contributed by atoms with Gasteiger partial charge in [-0.25, -0.2) is 0 Å². The molecule has 1 heterocycles. The van der Waals surface area contributed by atoms with Gasteiger partial charge in [0.15, 0.2) is 4.77 Å². The van der Waals surface area contributed by atoms with Crippen LogP contribution in [0.2, 0.25) is 0 Å². The number of carbonyl (C=O) groups is 1. The first-order valence-corrected chi connectivity index (χ1v) is 10.9. The van der Waals surface area contributed by atoms with Crippen LogP contribution in [0.5, 0.6) is 0 Å². The molecule has 0 radical (unpaired) electrons. The van der Waals surface area contributed by atoms with Gasteiger partial charge in [0.05, 0.1) is 10.9 Å². The second-order valence-electron chi connectivity index (χ2n) is 7.08. The lowest BCUT2D eigenvalue weighted by atomic mass is 10.1. The summed E-state index contributed by atoms with van der Waals surface area (Å²) < 4.78 is 3.06. The molecule has 29 heavy (non-hydrogen) atoms. The van der Waals surface area contributed by atoms with Crippen molar-refractivity contribution in [2.75, 3.05) is 7.05 Å². The molecule has 1 aromatic heterocycles. The molecular formula is C22H24BrN3O2S. The predicted octanol–water partition coefficient (Wildman–Crippen LogP) is 5.04. The molecule has 5 nitrogen and oxygen atoms in total. The highest BCUT2D eigenvalue weighted by Gasteiger charge is 2.11. The van der Waals surface area contributed by atoms with Crippen molar-refractivity contribution in [2.24, 2.45) is 0 Å². The maximum Gasteiger partial charge on any atom is 0.262 e. The normalized spacial score (nSPS) is 11.0. The minimum Gasteiger partial charge on any atom is -0.341 e. The number of hydrogen-bond donors (Lipinski definition) is 1. The molecule has 0 saturated heterocycles. The number of nitrogens with zero attached hydrogens (tertiary/aromatic N) is 2. The van der Waals surface area contributed by atoms with E-state index in [0.717, 1.165) is 34.8 Å². The first-order chi connectivity index (χ1) is 14.0. The fourth-order valence-electron chi connectivity index (χ4n) is 3.29. The van der Waals surface area contributed by atoms with Crippen molar-refractivity contribution >= 4 is 45.0 Å². The molecule has 0 saturated carbocycles. The number of para-hydroxylation sites is 1. The van der Waals surface area contributed by atoms with Crippen LogP contribution in [0.1, 0.15) is 31.2 Å². The van der Waals surface area contributed by atoms with Crippen LogP contribution in [0, 0.1) is 4.77 Å². The van der Waals surface area contributed by atoms with E-state index in [9.17, 15) is 9.59 Å². The van der Waals surface area contributed by atoms with Gasteiger partial charge in [0.2, 0.25) is 5.91 Å². The third-order valence-electron chi connectivity index (χ3n) is 4.95. The summed E-state index contributed by atoms with van der Waals surface area (Å²) >= 11 is 8.86. The van der Waals surface area contributed by atoms with E-state index in [0.29, 0.717) is 29.7 Å². The zero-order chi connectivity index (χ0) is 20.8. The molecule has 0 unspecified atom stereocenters. The van der Waals surface area contributed by atoms with Gasteiger partial charge in [-0.3, -0.25) is 14.2 Å². The quantitative estimate of drug-likeness (QED) is 0.368. The van der Waals surface area contributed by atoms with Crippen LogP contribution >= 0.6 is 28.1 Å². The number of rotatable bonds is 8. The molecular weight excluding hydrogens is 450 g/mol. The molecule has 3 rings (SSSR count). The van der Waals surface area contributed by atoms with Crippen LogP contribution in [-0.2, 0) is 17.9 Å². The van der Waals surface area contributed by atoms with Gasteiger partial charge in [-0.15, -0.1) is 0 Å². The van der Waals surface area contributed by atoms with Crippen LogP contribution in [0.3, 0.4) is 0 Å². The Morgan fingerprint density at radius 2 is 1.83 bits per heavy atom. The summed E-state index contributed by atoms with van der Waals surface area (Å²) in [5.41, 5.74) is 1.79. The molecule has 2 aromatic carbocycles. The number of carbonyl (C=O) groups excluding carboxylic acids is 1. The number of benzene rings is 2. The zero-order valence-corrected chi connectivity index (χ0v) is 18.8. The maximum absolute atomic E-state index is 12.6. The lowest BCUT2D eigenvalue weighted by molar-refractivity contribution is -0.130. The highest BCUT2D eigenvalue weighted by atomic mass is 79.9. The largest absolute Gasteiger partial charge is 0.341 e. The van der Waals surface area contributed by atoms with Gasteiger partial charge in [-0.1, -0.05) is 52.7 Å². The summed E-state index contributed by atoms with van der Waals surface area (Å²) in [7, 11) is 1.83. The van der Waals surface area contributed by atoms with E-state index in [4.69, 9.17) is 12.2 Å². The van der Waals surface area contributed by atoms with Crippen LogP contribution in [0.4, 0.5) is 0 Å². The summed E-state index contributed by atoms with van der Waals surface area (Å²) in [5.74, 6) is 0.126. The second kappa shape index (κ2) is 9.98. The lowest BCUT2D eigenvalue weighted by Crippen LogP contribution is -2.26. The Bertz CT molecular complexity index is 1120. The van der Waals surface area contributed by atoms with Crippen molar-refractivity contribution in [3.63, 3.8) is 0 Å². The minimum atomic E-state index is -0.0615. The number of hydrogen-bond acceptors (Lipinski definition) is 3. The van der Waals surface area contributed by atoms with Crippen molar-refractivity contribution < 1.29 is 4.79 Å². The topological polar surface area (TPSA) is 58.1 Å². The monoisotopic (exact) mass is 473 g/mol. The van der Waals surface area contributed by atoms with E-state index in [1.807, 2.05) is 49.5 Å². The number of H-pyrrole nitrogens is 1. The molecule has 3 aromatic rings. The molecule has 0 spiro atoms. The van der Waals surface area contributed by atoms with Gasteiger partial charge in [0.1, 0.15) is 0 Å². The molecule has 0 aliphatic rings. The Kier molecular flexibility index (Phi) is 7.39. The highest BCUT2D eigenvalue weighted by molar-refractivity contribution is 9.10. The Balaban J connectivity index is 1.48. The third kappa shape index (κ3) is 5.42. The predicted molar refractivity (Wildman–Crippen MR) is 122 cm³/mol. The summed E-state index contributed by atoms with van der Waals surface area (Å²) in [6, 6.07) is 15.3. The number of aromatic amines is 1. The van der Waals surface area contributed by atoms with Gasteiger partial charge >= 0.3 is 0 Å². The molecule has 0 aliphatic heterocycles. The average molecular weight is 474 g/mol. The highest BCUT2D eigenvalue weighted by Crippen LogP contribution is 2.18. The number of amides is 1. The molecule has 152 valence electrons. The number of halogens is 1. The maximum atomic E-state index is 12.6. The van der Waals surface area contributed by atoms with Crippen molar-refractivity contribution in [3.05, 3.63) is 73.7 Å². The van der Waals surface area contributed by atoms with Gasteiger partial charge < -0.3 is 9.88 Å². The van der Waals surface area contributed by atoms with E-state index in [1.165, 1.54) is 0 Å². The number of fused-ring (bicyclic) bond motifs is 1. The van der Waals surface area contributed by atoms with Crippen molar-refractivity contribution in [3.8, 4) is 0 Å². The Hall–Kier alpha value is -2.25. The first kappa shape index (κ1) is 21.5. The van der Waals surface area contributed by atoms with E-state index >= 15 is 0 Å². The van der Waals surface area contributed by atoms with E-state index in [1.54, 1.807) is 15.5 Å². The Labute approximate surface area is 183 Å². The van der Waals surface area contributed by atoms with Crippen LogP contribution in [0.25, 0.3) is 10.9 Å². The minimum absolute atomic E-state index is 0.0615. The summed E-state index contributed by atoms with van der Waals surface area (Å²) in [6.07, 6.45) is 2.96. The van der Waals surface area contributed by atoms with Gasteiger partial charge in [-0.05, 0) is 48.8 Å². The van der Waals surface area contributed by atoms with Crippen LogP contribution in [0.15, 0.2) is 57.8 Å². The fourth-order valence-corrected chi connectivity index (χ4v) is 3.98. The van der Waals surface area contributed by atoms with Crippen molar-refractivity contribution in [1.82, 2.24) is 14.5 Å². The summed E-state index contributed by atoms with van der Waals surface area (Å²) in [4.78, 5) is 29.9. The van der Waals surface area contributed by atoms with Crippen molar-refractivity contribution in [1.29, 1.82) is 0 Å². The van der Waals surface area contributed by atoms with E-state index < -0.39 is 0 Å². The van der Waals surface area contributed by atoms with Gasteiger partial charge in [0, 0.05) is 31.0 Å². The lowest BCUT2D eigenvalue weighted by Gasteiger charge is -2.18. The molecule has 0 bridgehead atoms.